The summed E-state index contributed by atoms with van der Waals surface area (Å²) in [5.74, 6) is 1.64. The third-order valence-corrected chi connectivity index (χ3v) is 4.40. The van der Waals surface area contributed by atoms with Crippen molar-refractivity contribution in [1.29, 1.82) is 0 Å². The molecule has 0 fully saturated rings. The highest BCUT2D eigenvalue weighted by molar-refractivity contribution is 6.00. The minimum absolute atomic E-state index is 0.104. The molecule has 162 valence electrons. The predicted molar refractivity (Wildman–Crippen MR) is 123 cm³/mol. The minimum Gasteiger partial charge on any atom is -0.492 e. The number of carbonyl (C=O) groups excluding carboxylic acids is 1. The van der Waals surface area contributed by atoms with Crippen LogP contribution in [0.25, 0.3) is 0 Å². The topological polar surface area (TPSA) is 98.5 Å². The third-order valence-electron chi connectivity index (χ3n) is 4.40. The van der Waals surface area contributed by atoms with Gasteiger partial charge in [-0.3, -0.25) is 0 Å². The zero-order chi connectivity index (χ0) is 22.3. The molecule has 0 spiro atoms. The van der Waals surface area contributed by atoms with Crippen molar-refractivity contribution in [3.63, 3.8) is 0 Å². The van der Waals surface area contributed by atoms with Crippen molar-refractivity contribution < 1.29 is 14.3 Å². The van der Waals surface area contributed by atoms with Gasteiger partial charge in [-0.25, -0.2) is 9.78 Å². The first kappa shape index (κ1) is 22.1. The van der Waals surface area contributed by atoms with Crippen molar-refractivity contribution in [3.05, 3.63) is 72.4 Å². The number of rotatable bonds is 7. The number of ether oxygens (including phenoxy) is 2. The number of pyridine rings is 1. The second-order valence-corrected chi connectivity index (χ2v) is 7.95. The van der Waals surface area contributed by atoms with Gasteiger partial charge < -0.3 is 25.8 Å². The molecule has 0 saturated carbocycles. The quantitative estimate of drug-likeness (QED) is 0.491. The number of benzene rings is 2. The second kappa shape index (κ2) is 9.95. The van der Waals surface area contributed by atoms with E-state index in [0.29, 0.717) is 41.9 Å². The van der Waals surface area contributed by atoms with Gasteiger partial charge in [0.1, 0.15) is 23.8 Å². The first-order valence-electron chi connectivity index (χ1n) is 10.1. The standard InChI is InChI=1S/C24H28N4O3/c1-24(2,3)19-10-4-5-12-21(19)31-22-20(11-7-14-26-22)28-23(29)27-17-8-6-9-18(16-17)30-15-13-25/h4-12,14,16H,13,15,25H2,1-3H3,(H2,27,28,29). The van der Waals surface area contributed by atoms with Crippen molar-refractivity contribution in [2.24, 2.45) is 5.73 Å². The Balaban J connectivity index is 1.74. The maximum absolute atomic E-state index is 12.6. The summed E-state index contributed by atoms with van der Waals surface area (Å²) < 4.78 is 11.6. The monoisotopic (exact) mass is 420 g/mol. The Bertz CT molecular complexity index is 1030. The lowest BCUT2D eigenvalue weighted by Gasteiger charge is -2.22. The zero-order valence-corrected chi connectivity index (χ0v) is 18.0. The van der Waals surface area contributed by atoms with Crippen LogP contribution in [0.2, 0.25) is 0 Å². The number of urea groups is 1. The lowest BCUT2D eigenvalue weighted by molar-refractivity contribution is 0.262. The smallest absolute Gasteiger partial charge is 0.323 e. The lowest BCUT2D eigenvalue weighted by atomic mass is 9.86. The molecule has 1 heterocycles. The van der Waals surface area contributed by atoms with Gasteiger partial charge in [0.2, 0.25) is 5.88 Å². The summed E-state index contributed by atoms with van der Waals surface area (Å²) in [5, 5.41) is 5.59. The number of hydrogen-bond acceptors (Lipinski definition) is 5. The summed E-state index contributed by atoms with van der Waals surface area (Å²) in [5.41, 5.74) is 7.46. The number of nitrogens with two attached hydrogens (primary N) is 1. The summed E-state index contributed by atoms with van der Waals surface area (Å²) in [7, 11) is 0. The molecular weight excluding hydrogens is 392 g/mol. The number of anilines is 2. The van der Waals surface area contributed by atoms with Crippen LogP contribution in [0.5, 0.6) is 17.4 Å². The van der Waals surface area contributed by atoms with Crippen molar-refractivity contribution in [2.75, 3.05) is 23.8 Å². The summed E-state index contributed by atoms with van der Waals surface area (Å²) in [6.45, 7) is 7.17. The number of amides is 2. The summed E-state index contributed by atoms with van der Waals surface area (Å²) in [4.78, 5) is 16.9. The number of aromatic nitrogens is 1. The number of nitrogens with zero attached hydrogens (tertiary/aromatic N) is 1. The normalized spacial score (nSPS) is 11.0. The first-order chi connectivity index (χ1) is 14.9. The minimum atomic E-state index is -0.419. The molecule has 0 radical (unpaired) electrons. The van der Waals surface area contributed by atoms with Crippen LogP contribution in [-0.4, -0.2) is 24.2 Å². The van der Waals surface area contributed by atoms with E-state index in [1.807, 2.05) is 24.3 Å². The highest BCUT2D eigenvalue weighted by Crippen LogP contribution is 2.35. The van der Waals surface area contributed by atoms with Gasteiger partial charge in [0, 0.05) is 30.1 Å². The molecule has 0 aliphatic heterocycles. The lowest BCUT2D eigenvalue weighted by Crippen LogP contribution is -2.20. The molecule has 4 N–H and O–H groups in total. The van der Waals surface area contributed by atoms with E-state index in [4.69, 9.17) is 15.2 Å². The van der Waals surface area contributed by atoms with Crippen LogP contribution in [0, 0.1) is 0 Å². The zero-order valence-electron chi connectivity index (χ0n) is 18.0. The molecule has 1 aromatic heterocycles. The van der Waals surface area contributed by atoms with Crippen LogP contribution in [0.15, 0.2) is 66.9 Å². The maximum atomic E-state index is 12.6. The Morgan fingerprint density at radius 3 is 2.61 bits per heavy atom. The molecule has 3 rings (SSSR count). The van der Waals surface area contributed by atoms with Crippen LogP contribution >= 0.6 is 0 Å². The summed E-state index contributed by atoms with van der Waals surface area (Å²) >= 11 is 0. The number of hydrogen-bond donors (Lipinski definition) is 3. The molecule has 2 aromatic carbocycles. The fraction of sp³-hybridized carbons (Fsp3) is 0.250. The molecule has 7 heteroatoms. The van der Waals surface area contributed by atoms with Gasteiger partial charge in [-0.05, 0) is 35.7 Å². The van der Waals surface area contributed by atoms with Gasteiger partial charge in [0.25, 0.3) is 0 Å². The van der Waals surface area contributed by atoms with E-state index in [9.17, 15) is 4.79 Å². The SMILES string of the molecule is CC(C)(C)c1ccccc1Oc1ncccc1NC(=O)Nc1cccc(OCCN)c1. The van der Waals surface area contributed by atoms with Crippen LogP contribution in [0.3, 0.4) is 0 Å². The third kappa shape index (κ3) is 6.20. The number of nitrogens with one attached hydrogen (secondary N) is 2. The second-order valence-electron chi connectivity index (χ2n) is 7.95. The van der Waals surface area contributed by atoms with Crippen LogP contribution in [0.4, 0.5) is 16.2 Å². The van der Waals surface area contributed by atoms with E-state index in [0.717, 1.165) is 5.56 Å². The predicted octanol–water partition coefficient (Wildman–Crippen LogP) is 5.15. The molecule has 2 amide bonds. The van der Waals surface area contributed by atoms with Gasteiger partial charge in [0.15, 0.2) is 0 Å². The van der Waals surface area contributed by atoms with Crippen LogP contribution in [0.1, 0.15) is 26.3 Å². The van der Waals surface area contributed by atoms with Gasteiger partial charge in [-0.2, -0.15) is 0 Å². The highest BCUT2D eigenvalue weighted by Gasteiger charge is 2.20. The van der Waals surface area contributed by atoms with Gasteiger partial charge in [0.05, 0.1) is 0 Å². The van der Waals surface area contributed by atoms with E-state index in [2.05, 4.69) is 36.4 Å². The number of para-hydroxylation sites is 1. The van der Waals surface area contributed by atoms with Gasteiger partial charge >= 0.3 is 6.03 Å². The van der Waals surface area contributed by atoms with E-state index >= 15 is 0 Å². The maximum Gasteiger partial charge on any atom is 0.323 e. The average molecular weight is 421 g/mol. The van der Waals surface area contributed by atoms with Crippen molar-refractivity contribution >= 4 is 17.4 Å². The highest BCUT2D eigenvalue weighted by atomic mass is 16.5. The summed E-state index contributed by atoms with van der Waals surface area (Å²) in [6, 6.07) is 18.0. The van der Waals surface area contributed by atoms with E-state index in [-0.39, 0.29) is 5.41 Å². The molecule has 0 aliphatic rings. The van der Waals surface area contributed by atoms with Crippen molar-refractivity contribution in [3.8, 4) is 17.4 Å². The molecule has 0 aliphatic carbocycles. The van der Waals surface area contributed by atoms with Crippen LogP contribution < -0.4 is 25.8 Å². The molecular formula is C24H28N4O3. The molecule has 0 saturated heterocycles. The Morgan fingerprint density at radius 1 is 1.03 bits per heavy atom. The summed E-state index contributed by atoms with van der Waals surface area (Å²) in [6.07, 6.45) is 1.62. The van der Waals surface area contributed by atoms with Crippen molar-refractivity contribution in [1.82, 2.24) is 4.98 Å². The van der Waals surface area contributed by atoms with Crippen LogP contribution in [-0.2, 0) is 5.41 Å². The Hall–Kier alpha value is -3.58. The Kier molecular flexibility index (Phi) is 7.10. The molecule has 0 atom stereocenters. The van der Waals surface area contributed by atoms with E-state index in [1.165, 1.54) is 0 Å². The fourth-order valence-electron chi connectivity index (χ4n) is 2.97. The molecule has 31 heavy (non-hydrogen) atoms. The Labute approximate surface area is 182 Å². The Morgan fingerprint density at radius 2 is 1.84 bits per heavy atom. The molecule has 3 aromatic rings. The first-order valence-corrected chi connectivity index (χ1v) is 10.1. The van der Waals surface area contributed by atoms with E-state index < -0.39 is 6.03 Å². The molecule has 0 bridgehead atoms. The van der Waals surface area contributed by atoms with Gasteiger partial charge in [-0.15, -0.1) is 0 Å². The number of carbonyl (C=O) groups is 1. The van der Waals surface area contributed by atoms with Gasteiger partial charge in [-0.1, -0.05) is 45.0 Å². The molecule has 7 nitrogen and oxygen atoms in total. The van der Waals surface area contributed by atoms with E-state index in [1.54, 1.807) is 42.6 Å². The largest absolute Gasteiger partial charge is 0.492 e. The molecule has 0 unspecified atom stereocenters. The average Bonchev–Trinajstić information content (AvgIpc) is 2.73. The fourth-order valence-corrected chi connectivity index (χ4v) is 2.97. The van der Waals surface area contributed by atoms with Crippen molar-refractivity contribution in [2.45, 2.75) is 26.2 Å².